The Labute approximate surface area is 173 Å². The lowest BCUT2D eigenvalue weighted by atomic mass is 9.91. The van der Waals surface area contributed by atoms with E-state index in [2.05, 4.69) is 5.32 Å². The molecule has 4 nitrogen and oxygen atoms in total. The van der Waals surface area contributed by atoms with Crippen molar-refractivity contribution in [3.8, 4) is 0 Å². The molecule has 0 amide bonds. The lowest BCUT2D eigenvalue weighted by Crippen LogP contribution is -2.63. The quantitative estimate of drug-likeness (QED) is 0.574. The maximum Gasteiger partial charge on any atom is 0.165 e. The van der Waals surface area contributed by atoms with Gasteiger partial charge in [0.2, 0.25) is 0 Å². The number of fused-ring (bicyclic) bond motifs is 3. The van der Waals surface area contributed by atoms with Gasteiger partial charge in [0.05, 0.1) is 17.1 Å². The number of sulfone groups is 1. The first-order valence-corrected chi connectivity index (χ1v) is 11.8. The van der Waals surface area contributed by atoms with Crippen LogP contribution < -0.4 is 5.32 Å². The molecule has 1 aromatic heterocycles. The normalized spacial score (nSPS) is 24.0. The third-order valence-electron chi connectivity index (χ3n) is 5.76. The molecule has 2 N–H and O–H groups in total. The molecule has 1 aliphatic rings. The van der Waals surface area contributed by atoms with Gasteiger partial charge in [0, 0.05) is 20.2 Å². The minimum atomic E-state index is -3.50. The molecule has 0 radical (unpaired) electrons. The number of allylic oxidation sites excluding steroid dienone is 1. The topological polar surface area (TPSA) is 70.0 Å². The molecule has 0 aliphatic carbocycles. The summed E-state index contributed by atoms with van der Waals surface area (Å²) in [7, 11) is -3.50. The lowest BCUT2D eigenvalue weighted by molar-refractivity contribution is 0.443. The smallest absolute Gasteiger partial charge is 0.165 e. The maximum absolute atomic E-state index is 13.3. The molecule has 2 heterocycles. The Hall–Kier alpha value is -2.25. The van der Waals surface area contributed by atoms with E-state index >= 15 is 0 Å². The van der Waals surface area contributed by atoms with E-state index in [1.807, 2.05) is 43.3 Å². The molecular formula is C22H23FN2O2S2. The van der Waals surface area contributed by atoms with E-state index < -0.39 is 20.1 Å². The van der Waals surface area contributed by atoms with Crippen LogP contribution in [-0.4, -0.2) is 24.8 Å². The Morgan fingerprint density at radius 2 is 1.76 bits per heavy atom. The summed E-state index contributed by atoms with van der Waals surface area (Å²) in [6.07, 6.45) is 1.49. The third kappa shape index (κ3) is 3.16. The number of halogens is 1. The maximum atomic E-state index is 13.3. The zero-order chi connectivity index (χ0) is 21.2. The van der Waals surface area contributed by atoms with Gasteiger partial charge in [-0.3, -0.25) is 5.41 Å². The van der Waals surface area contributed by atoms with Crippen molar-refractivity contribution in [1.29, 1.82) is 5.41 Å². The van der Waals surface area contributed by atoms with Crippen molar-refractivity contribution in [2.75, 3.05) is 5.75 Å². The summed E-state index contributed by atoms with van der Waals surface area (Å²) >= 11 is 1.65. The van der Waals surface area contributed by atoms with E-state index in [0.717, 1.165) is 31.3 Å². The molecule has 3 aromatic rings. The van der Waals surface area contributed by atoms with Gasteiger partial charge >= 0.3 is 0 Å². The van der Waals surface area contributed by atoms with Gasteiger partial charge in [0.1, 0.15) is 10.6 Å². The number of nitrogens with one attached hydrogen (secondary N) is 2. The van der Waals surface area contributed by atoms with Crippen molar-refractivity contribution in [2.45, 2.75) is 38.0 Å². The zero-order valence-electron chi connectivity index (χ0n) is 16.8. The zero-order valence-corrected chi connectivity index (χ0v) is 18.4. The average molecular weight is 431 g/mol. The first-order valence-electron chi connectivity index (χ1n) is 9.33. The van der Waals surface area contributed by atoms with Crippen molar-refractivity contribution in [1.82, 2.24) is 5.32 Å². The fourth-order valence-electron chi connectivity index (χ4n) is 3.79. The monoisotopic (exact) mass is 430 g/mol. The second kappa shape index (κ2) is 6.37. The Bertz CT molecular complexity index is 1300. The lowest BCUT2D eigenvalue weighted by Gasteiger charge is -2.43. The van der Waals surface area contributed by atoms with Crippen LogP contribution in [-0.2, 0) is 15.4 Å². The Morgan fingerprint density at radius 1 is 1.14 bits per heavy atom. The molecular weight excluding hydrogens is 407 g/mol. The van der Waals surface area contributed by atoms with Gasteiger partial charge in [-0.2, -0.15) is 0 Å². The van der Waals surface area contributed by atoms with E-state index in [9.17, 15) is 12.8 Å². The molecule has 0 saturated carbocycles. The van der Waals surface area contributed by atoms with E-state index in [1.165, 1.54) is 13.0 Å². The van der Waals surface area contributed by atoms with Gasteiger partial charge in [-0.25, -0.2) is 12.8 Å². The molecule has 152 valence electrons. The fraction of sp³-hybridized carbons (Fsp3) is 0.318. The van der Waals surface area contributed by atoms with Crippen LogP contribution in [0.3, 0.4) is 0 Å². The summed E-state index contributed by atoms with van der Waals surface area (Å²) in [4.78, 5) is 0. The Morgan fingerprint density at radius 3 is 2.38 bits per heavy atom. The van der Waals surface area contributed by atoms with Crippen molar-refractivity contribution in [3.05, 3.63) is 53.4 Å². The van der Waals surface area contributed by atoms with Crippen molar-refractivity contribution in [2.24, 2.45) is 0 Å². The van der Waals surface area contributed by atoms with Gasteiger partial charge in [0.15, 0.2) is 9.84 Å². The Balaban J connectivity index is 1.88. The SMILES string of the molecule is C/C(F)=C/c1ccc2sc3ccc([C@]4(C)CS(=O)(=O)C(C)(C)C(=N)N4)cc3c2c1. The van der Waals surface area contributed by atoms with E-state index in [0.29, 0.717) is 0 Å². The standard InChI is InChI=1S/C22H23FN2O2S2/c1-13(23)9-14-5-7-18-16(10-14)17-11-15(6-8-19(17)28-18)22(4)12-29(26,27)21(2,3)20(24)25-22/h5-11H,12H2,1-4H3,(H2,24,25)/b13-9-/t22-/m0/s1. The number of hydrogen-bond acceptors (Lipinski definition) is 4. The van der Waals surface area contributed by atoms with E-state index in [4.69, 9.17) is 5.41 Å². The summed E-state index contributed by atoms with van der Waals surface area (Å²) in [6, 6.07) is 11.8. The number of rotatable bonds is 2. The first-order chi connectivity index (χ1) is 13.4. The van der Waals surface area contributed by atoms with Crippen LogP contribution in [0.5, 0.6) is 0 Å². The highest BCUT2D eigenvalue weighted by molar-refractivity contribution is 7.93. The highest BCUT2D eigenvalue weighted by atomic mass is 32.2. The number of amidine groups is 1. The van der Waals surface area contributed by atoms with Gasteiger partial charge in [-0.05, 0) is 69.2 Å². The largest absolute Gasteiger partial charge is 0.362 e. The molecule has 7 heteroatoms. The van der Waals surface area contributed by atoms with Gasteiger partial charge in [-0.1, -0.05) is 12.1 Å². The molecule has 2 aromatic carbocycles. The van der Waals surface area contributed by atoms with Crippen LogP contribution >= 0.6 is 11.3 Å². The predicted molar refractivity (Wildman–Crippen MR) is 120 cm³/mol. The molecule has 1 fully saturated rings. The second-order valence-electron chi connectivity index (χ2n) is 8.40. The molecule has 4 rings (SSSR count). The minimum Gasteiger partial charge on any atom is -0.362 e. The molecule has 1 aliphatic heterocycles. The highest BCUT2D eigenvalue weighted by Crippen LogP contribution is 2.39. The Kier molecular flexibility index (Phi) is 4.40. The third-order valence-corrected chi connectivity index (χ3v) is 9.62. The average Bonchev–Trinajstić information content (AvgIpc) is 2.96. The number of benzene rings is 2. The minimum absolute atomic E-state index is 0.00682. The van der Waals surface area contributed by atoms with Crippen LogP contribution in [0.2, 0.25) is 0 Å². The van der Waals surface area contributed by atoms with Crippen molar-refractivity contribution < 1.29 is 12.8 Å². The highest BCUT2D eigenvalue weighted by Gasteiger charge is 2.50. The molecule has 0 bridgehead atoms. The molecule has 1 atom stereocenters. The summed E-state index contributed by atoms with van der Waals surface area (Å²) in [5, 5.41) is 13.4. The predicted octanol–water partition coefficient (Wildman–Crippen LogP) is 5.37. The van der Waals surface area contributed by atoms with Crippen LogP contribution in [0.25, 0.3) is 26.2 Å². The van der Waals surface area contributed by atoms with E-state index in [-0.39, 0.29) is 17.4 Å². The fourth-order valence-corrected chi connectivity index (χ4v) is 6.58. The molecule has 0 spiro atoms. The summed E-state index contributed by atoms with van der Waals surface area (Å²) in [5.41, 5.74) is 0.716. The summed E-state index contributed by atoms with van der Waals surface area (Å²) in [5.74, 6) is -0.333. The molecule has 29 heavy (non-hydrogen) atoms. The summed E-state index contributed by atoms with van der Waals surface area (Å²) < 4.78 is 40.0. The van der Waals surface area contributed by atoms with Crippen molar-refractivity contribution in [3.63, 3.8) is 0 Å². The van der Waals surface area contributed by atoms with Gasteiger partial charge in [-0.15, -0.1) is 11.3 Å². The summed E-state index contributed by atoms with van der Waals surface area (Å²) in [6.45, 7) is 6.37. The number of thiophene rings is 1. The van der Waals surface area contributed by atoms with Crippen LogP contribution in [0.1, 0.15) is 38.8 Å². The van der Waals surface area contributed by atoms with Crippen LogP contribution in [0.15, 0.2) is 42.2 Å². The first kappa shape index (κ1) is 20.0. The second-order valence-corrected chi connectivity index (χ2v) is 12.0. The van der Waals surface area contributed by atoms with E-state index in [1.54, 1.807) is 25.2 Å². The van der Waals surface area contributed by atoms with Gasteiger partial charge in [0.25, 0.3) is 0 Å². The molecule has 1 saturated heterocycles. The van der Waals surface area contributed by atoms with Crippen molar-refractivity contribution >= 4 is 53.3 Å². The number of hydrogen-bond donors (Lipinski definition) is 2. The van der Waals surface area contributed by atoms with Crippen LogP contribution in [0.4, 0.5) is 4.39 Å². The van der Waals surface area contributed by atoms with Crippen LogP contribution in [0, 0.1) is 5.41 Å². The molecule has 0 unspecified atom stereocenters. The van der Waals surface area contributed by atoms with Gasteiger partial charge < -0.3 is 5.32 Å².